The molecule has 0 bridgehead atoms. The van der Waals surface area contributed by atoms with Crippen molar-refractivity contribution in [3.05, 3.63) is 0 Å². The van der Waals surface area contributed by atoms with E-state index in [-0.39, 0.29) is 11.2 Å². The predicted molar refractivity (Wildman–Crippen MR) is 89.4 cm³/mol. The Hall–Kier alpha value is -0.160. The predicted octanol–water partition coefficient (Wildman–Crippen LogP) is 3.96. The summed E-state index contributed by atoms with van der Waals surface area (Å²) in [5.74, 6) is 0. The first-order chi connectivity index (χ1) is 10.2. The van der Waals surface area contributed by atoms with Gasteiger partial charge < -0.3 is 18.9 Å². The molecule has 0 N–H and O–H groups in total. The van der Waals surface area contributed by atoms with E-state index in [9.17, 15) is 0 Å². The fourth-order valence-corrected chi connectivity index (χ4v) is 2.30. The van der Waals surface area contributed by atoms with E-state index in [1.54, 1.807) is 0 Å². The van der Waals surface area contributed by atoms with Gasteiger partial charge in [0.25, 0.3) is 0 Å². The Morgan fingerprint density at radius 1 is 0.727 bits per heavy atom. The highest BCUT2D eigenvalue weighted by Gasteiger charge is 2.33. The summed E-state index contributed by atoms with van der Waals surface area (Å²) >= 11 is 0. The highest BCUT2D eigenvalue weighted by molar-refractivity contribution is 4.83. The van der Waals surface area contributed by atoms with Crippen LogP contribution < -0.4 is 0 Å². The molecule has 132 valence electrons. The summed E-state index contributed by atoms with van der Waals surface area (Å²) in [5, 5.41) is 0. The van der Waals surface area contributed by atoms with E-state index in [1.807, 2.05) is 0 Å². The Bertz CT molecular complexity index is 284. The SMILES string of the molecule is CC(C)(C)OCCCOCCCOC1CC(OC(C)(C)C)C1. The zero-order valence-electron chi connectivity index (χ0n) is 15.4. The molecule has 0 atom stereocenters. The molecule has 1 saturated carbocycles. The summed E-state index contributed by atoms with van der Waals surface area (Å²) in [5.41, 5.74) is -0.0919. The van der Waals surface area contributed by atoms with Crippen molar-refractivity contribution in [2.24, 2.45) is 0 Å². The fraction of sp³-hybridized carbons (Fsp3) is 1.00. The van der Waals surface area contributed by atoms with Gasteiger partial charge in [-0.3, -0.25) is 0 Å². The van der Waals surface area contributed by atoms with Gasteiger partial charge in [0, 0.05) is 26.4 Å². The van der Waals surface area contributed by atoms with E-state index in [4.69, 9.17) is 18.9 Å². The molecular formula is C18H36O4. The average molecular weight is 316 g/mol. The summed E-state index contributed by atoms with van der Waals surface area (Å²) < 4.78 is 22.9. The minimum absolute atomic E-state index is 0.0415. The maximum Gasteiger partial charge on any atom is 0.0631 e. The number of hydrogen-bond acceptors (Lipinski definition) is 4. The molecule has 0 amide bonds. The first kappa shape index (κ1) is 19.9. The smallest absolute Gasteiger partial charge is 0.0631 e. The van der Waals surface area contributed by atoms with Crippen molar-refractivity contribution in [3.8, 4) is 0 Å². The van der Waals surface area contributed by atoms with Crippen LogP contribution in [0, 0.1) is 0 Å². The standard InChI is InChI=1S/C18H36O4/c1-17(2,3)21-12-8-10-19-9-7-11-20-15-13-16(14-15)22-18(4,5)6/h15-16H,7-14H2,1-6H3. The van der Waals surface area contributed by atoms with E-state index >= 15 is 0 Å². The van der Waals surface area contributed by atoms with Gasteiger partial charge in [0.2, 0.25) is 0 Å². The lowest BCUT2D eigenvalue weighted by molar-refractivity contribution is -0.149. The van der Waals surface area contributed by atoms with Crippen LogP contribution in [0.2, 0.25) is 0 Å². The fourth-order valence-electron chi connectivity index (χ4n) is 2.30. The summed E-state index contributed by atoms with van der Waals surface area (Å²) in [6.45, 7) is 15.6. The topological polar surface area (TPSA) is 36.9 Å². The molecule has 0 radical (unpaired) electrons. The molecule has 4 nitrogen and oxygen atoms in total. The first-order valence-corrected chi connectivity index (χ1v) is 8.67. The lowest BCUT2D eigenvalue weighted by Crippen LogP contribution is -2.41. The maximum absolute atomic E-state index is 5.89. The van der Waals surface area contributed by atoms with Gasteiger partial charge in [-0.25, -0.2) is 0 Å². The van der Waals surface area contributed by atoms with Crippen molar-refractivity contribution >= 4 is 0 Å². The van der Waals surface area contributed by atoms with Gasteiger partial charge in [-0.05, 0) is 67.2 Å². The quantitative estimate of drug-likeness (QED) is 0.572. The second-order valence-corrected chi connectivity index (χ2v) is 8.10. The average Bonchev–Trinajstić information content (AvgIpc) is 2.30. The Morgan fingerprint density at radius 3 is 1.86 bits per heavy atom. The van der Waals surface area contributed by atoms with Gasteiger partial charge in [0.05, 0.1) is 23.4 Å². The van der Waals surface area contributed by atoms with Crippen LogP contribution in [0.3, 0.4) is 0 Å². The number of hydrogen-bond donors (Lipinski definition) is 0. The maximum atomic E-state index is 5.89. The van der Waals surface area contributed by atoms with Gasteiger partial charge in [-0.1, -0.05) is 0 Å². The van der Waals surface area contributed by atoms with Crippen LogP contribution in [0.5, 0.6) is 0 Å². The molecule has 22 heavy (non-hydrogen) atoms. The zero-order chi connectivity index (χ0) is 16.6. The molecule has 0 unspecified atom stereocenters. The highest BCUT2D eigenvalue weighted by atomic mass is 16.5. The minimum Gasteiger partial charge on any atom is -0.381 e. The first-order valence-electron chi connectivity index (χ1n) is 8.67. The Kier molecular flexibility index (Phi) is 8.33. The van der Waals surface area contributed by atoms with E-state index in [0.29, 0.717) is 12.2 Å². The van der Waals surface area contributed by atoms with Crippen LogP contribution in [-0.4, -0.2) is 49.8 Å². The van der Waals surface area contributed by atoms with Gasteiger partial charge >= 0.3 is 0 Å². The molecule has 1 aliphatic rings. The normalized spacial score (nSPS) is 22.6. The van der Waals surface area contributed by atoms with Gasteiger partial charge in [0.1, 0.15) is 0 Å². The van der Waals surface area contributed by atoms with Crippen LogP contribution in [0.25, 0.3) is 0 Å². The zero-order valence-corrected chi connectivity index (χ0v) is 15.4. The number of ether oxygens (including phenoxy) is 4. The molecule has 1 fully saturated rings. The molecule has 1 rings (SSSR count). The Balaban J connectivity index is 1.82. The van der Waals surface area contributed by atoms with Crippen molar-refractivity contribution in [3.63, 3.8) is 0 Å². The molecule has 0 aromatic heterocycles. The molecule has 0 aromatic rings. The largest absolute Gasteiger partial charge is 0.381 e. The van der Waals surface area contributed by atoms with Crippen LogP contribution >= 0.6 is 0 Å². The molecule has 0 spiro atoms. The molecular weight excluding hydrogens is 280 g/mol. The third kappa shape index (κ3) is 10.5. The van der Waals surface area contributed by atoms with Crippen molar-refractivity contribution in [2.75, 3.05) is 26.4 Å². The molecule has 0 aliphatic heterocycles. The molecule has 1 aliphatic carbocycles. The third-order valence-electron chi connectivity index (χ3n) is 3.33. The van der Waals surface area contributed by atoms with Crippen LogP contribution in [-0.2, 0) is 18.9 Å². The van der Waals surface area contributed by atoms with Gasteiger partial charge in [0.15, 0.2) is 0 Å². The van der Waals surface area contributed by atoms with Crippen LogP contribution in [0.1, 0.15) is 67.2 Å². The number of rotatable bonds is 10. The van der Waals surface area contributed by atoms with E-state index in [0.717, 1.165) is 52.1 Å². The van der Waals surface area contributed by atoms with Crippen molar-refractivity contribution < 1.29 is 18.9 Å². The van der Waals surface area contributed by atoms with E-state index in [1.165, 1.54) is 0 Å². The van der Waals surface area contributed by atoms with Crippen LogP contribution in [0.15, 0.2) is 0 Å². The summed E-state index contributed by atoms with van der Waals surface area (Å²) in [6, 6.07) is 0. The minimum atomic E-state index is -0.0504. The van der Waals surface area contributed by atoms with Crippen molar-refractivity contribution in [1.29, 1.82) is 0 Å². The summed E-state index contributed by atoms with van der Waals surface area (Å²) in [4.78, 5) is 0. The molecule has 0 aromatic carbocycles. The summed E-state index contributed by atoms with van der Waals surface area (Å²) in [7, 11) is 0. The van der Waals surface area contributed by atoms with Crippen LogP contribution in [0.4, 0.5) is 0 Å². The second kappa shape index (κ2) is 9.21. The lowest BCUT2D eigenvalue weighted by atomic mass is 9.91. The Labute approximate surface area is 136 Å². The monoisotopic (exact) mass is 316 g/mol. The molecule has 0 heterocycles. The van der Waals surface area contributed by atoms with E-state index < -0.39 is 0 Å². The van der Waals surface area contributed by atoms with Crippen molar-refractivity contribution in [2.45, 2.75) is 90.6 Å². The summed E-state index contributed by atoms with van der Waals surface area (Å²) in [6.07, 6.45) is 4.73. The second-order valence-electron chi connectivity index (χ2n) is 8.10. The van der Waals surface area contributed by atoms with E-state index in [2.05, 4.69) is 41.5 Å². The lowest BCUT2D eigenvalue weighted by Gasteiger charge is -2.39. The molecule has 0 saturated heterocycles. The van der Waals surface area contributed by atoms with Crippen molar-refractivity contribution in [1.82, 2.24) is 0 Å². The Morgan fingerprint density at radius 2 is 1.32 bits per heavy atom. The van der Waals surface area contributed by atoms with Gasteiger partial charge in [-0.2, -0.15) is 0 Å². The molecule has 4 heteroatoms. The van der Waals surface area contributed by atoms with Gasteiger partial charge in [-0.15, -0.1) is 0 Å². The highest BCUT2D eigenvalue weighted by Crippen LogP contribution is 2.29. The third-order valence-corrected chi connectivity index (χ3v) is 3.33.